The van der Waals surface area contributed by atoms with Crippen LogP contribution >= 0.6 is 0 Å². The molecule has 0 saturated heterocycles. The molecule has 4 nitrogen and oxygen atoms in total. The fourth-order valence-electron chi connectivity index (χ4n) is 2.98. The van der Waals surface area contributed by atoms with E-state index < -0.39 is 6.10 Å². The Morgan fingerprint density at radius 1 is 0.960 bits per heavy atom. The number of hydrogen-bond acceptors (Lipinski definition) is 3. The monoisotopic (exact) mass is 326 g/mol. The summed E-state index contributed by atoms with van der Waals surface area (Å²) in [5.41, 5.74) is 2.49. The van der Waals surface area contributed by atoms with Gasteiger partial charge in [0.1, 0.15) is 0 Å². The van der Waals surface area contributed by atoms with Gasteiger partial charge in [-0.15, -0.1) is 0 Å². The lowest BCUT2D eigenvalue weighted by atomic mass is 9.96. The third kappa shape index (κ3) is 2.62. The maximum absolute atomic E-state index is 13.1. The van der Waals surface area contributed by atoms with Gasteiger partial charge < -0.3 is 4.74 Å². The first-order valence-electron chi connectivity index (χ1n) is 7.92. The lowest BCUT2D eigenvalue weighted by Crippen LogP contribution is -2.09. The van der Waals surface area contributed by atoms with Crippen LogP contribution in [-0.2, 0) is 9.53 Å². The van der Waals surface area contributed by atoms with Crippen LogP contribution in [0.15, 0.2) is 79.1 Å². The summed E-state index contributed by atoms with van der Waals surface area (Å²) in [5.74, 6) is 0.379. The van der Waals surface area contributed by atoms with E-state index in [0.717, 1.165) is 5.56 Å². The predicted octanol–water partition coefficient (Wildman–Crippen LogP) is 4.03. The van der Waals surface area contributed by atoms with E-state index in [1.807, 2.05) is 60.9 Å². The third-order valence-electron chi connectivity index (χ3n) is 4.15. The highest BCUT2D eigenvalue weighted by Crippen LogP contribution is 2.40. The van der Waals surface area contributed by atoms with Crippen LogP contribution in [0.5, 0.6) is 0 Å². The Hall–Kier alpha value is -3.58. The van der Waals surface area contributed by atoms with Crippen LogP contribution in [0.4, 0.5) is 0 Å². The van der Waals surface area contributed by atoms with Crippen molar-refractivity contribution < 1.29 is 9.53 Å². The van der Waals surface area contributed by atoms with Gasteiger partial charge in [0.2, 0.25) is 11.7 Å². The summed E-state index contributed by atoms with van der Waals surface area (Å²) < 4.78 is 7.84. The van der Waals surface area contributed by atoms with Crippen molar-refractivity contribution in [3.63, 3.8) is 0 Å². The fourth-order valence-corrected chi connectivity index (χ4v) is 2.98. The molecule has 1 aliphatic heterocycles. The van der Waals surface area contributed by atoms with Crippen molar-refractivity contribution in [2.24, 2.45) is 0 Å². The number of rotatable bonds is 3. The van der Waals surface area contributed by atoms with Gasteiger partial charge in [0.15, 0.2) is 6.10 Å². The molecule has 2 aromatic carbocycles. The number of benzene rings is 2. The zero-order chi connectivity index (χ0) is 17.2. The molecule has 1 unspecified atom stereocenters. The first-order chi connectivity index (χ1) is 12.3. The quantitative estimate of drug-likeness (QED) is 0.730. The first kappa shape index (κ1) is 15.0. The second-order valence-electron chi connectivity index (χ2n) is 5.74. The topological polar surface area (TPSA) is 55.0 Å². The molecule has 0 bridgehead atoms. The van der Waals surface area contributed by atoms with Crippen molar-refractivity contribution in [1.29, 1.82) is 5.26 Å². The first-order valence-corrected chi connectivity index (χ1v) is 7.92. The van der Waals surface area contributed by atoms with E-state index >= 15 is 0 Å². The molecular formula is C21H14N2O2. The second kappa shape index (κ2) is 6.14. The molecule has 120 valence electrons. The van der Waals surface area contributed by atoms with Crippen LogP contribution in [0.2, 0.25) is 0 Å². The van der Waals surface area contributed by atoms with Crippen molar-refractivity contribution in [3.8, 4) is 6.07 Å². The summed E-state index contributed by atoms with van der Waals surface area (Å²) in [6, 6.07) is 22.3. The number of aromatic nitrogens is 1. The van der Waals surface area contributed by atoms with Crippen LogP contribution in [0.1, 0.15) is 22.8 Å². The third-order valence-corrected chi connectivity index (χ3v) is 4.15. The molecule has 0 spiro atoms. The van der Waals surface area contributed by atoms with E-state index in [2.05, 4.69) is 6.07 Å². The van der Waals surface area contributed by atoms with Gasteiger partial charge in [-0.3, -0.25) is 9.36 Å². The summed E-state index contributed by atoms with van der Waals surface area (Å²) in [6.45, 7) is 0. The van der Waals surface area contributed by atoms with E-state index in [0.29, 0.717) is 22.6 Å². The van der Waals surface area contributed by atoms with E-state index in [-0.39, 0.29) is 5.78 Å². The van der Waals surface area contributed by atoms with Crippen LogP contribution in [0.25, 0.3) is 11.5 Å². The normalized spacial score (nSPS) is 16.6. The predicted molar refractivity (Wildman–Crippen MR) is 94.0 cm³/mol. The highest BCUT2D eigenvalue weighted by atomic mass is 16.5. The average Bonchev–Trinajstić information content (AvgIpc) is 3.30. The molecule has 0 fully saturated rings. The Morgan fingerprint density at radius 3 is 2.44 bits per heavy atom. The average molecular weight is 326 g/mol. The molecule has 1 aromatic heterocycles. The molecule has 0 N–H and O–H groups in total. The van der Waals surface area contributed by atoms with Crippen molar-refractivity contribution in [2.45, 2.75) is 6.10 Å². The van der Waals surface area contributed by atoms with Gasteiger partial charge in [-0.2, -0.15) is 5.26 Å². The van der Waals surface area contributed by atoms with Crippen molar-refractivity contribution in [2.75, 3.05) is 0 Å². The van der Waals surface area contributed by atoms with Crippen molar-refractivity contribution in [3.05, 3.63) is 95.8 Å². The molecule has 25 heavy (non-hydrogen) atoms. The minimum absolute atomic E-state index is 0.106. The molecule has 1 atom stereocenters. The van der Waals surface area contributed by atoms with Crippen LogP contribution < -0.4 is 0 Å². The number of nitrogens with zero attached hydrogens (tertiary/aromatic N) is 2. The molecule has 3 aromatic rings. The van der Waals surface area contributed by atoms with Crippen molar-refractivity contribution >= 4 is 17.2 Å². The number of carbonyl (C=O) groups is 1. The number of ketones is 1. The molecular weight excluding hydrogens is 312 g/mol. The lowest BCUT2D eigenvalue weighted by molar-refractivity contribution is -0.119. The van der Waals surface area contributed by atoms with Gasteiger partial charge in [0.05, 0.1) is 17.2 Å². The Kier molecular flexibility index (Phi) is 3.68. The van der Waals surface area contributed by atoms with E-state index in [1.54, 1.807) is 22.8 Å². The summed E-state index contributed by atoms with van der Waals surface area (Å²) in [4.78, 5) is 13.1. The standard InChI is InChI=1S/C21H14N2O2/c22-14-15-7-6-10-17(13-15)18-19(24)20(16-8-2-1-3-9-16)25-21(18)23-11-4-5-12-23/h1-13,20H. The minimum Gasteiger partial charge on any atom is -0.461 e. The Morgan fingerprint density at radius 2 is 1.72 bits per heavy atom. The van der Waals surface area contributed by atoms with Gasteiger partial charge in [-0.25, -0.2) is 0 Å². The fraction of sp³-hybridized carbons (Fsp3) is 0.0476. The zero-order valence-electron chi connectivity index (χ0n) is 13.3. The summed E-state index contributed by atoms with van der Waals surface area (Å²) in [7, 11) is 0. The minimum atomic E-state index is -0.681. The Bertz CT molecular complexity index is 996. The number of hydrogen-bond donors (Lipinski definition) is 0. The molecule has 0 aliphatic carbocycles. The van der Waals surface area contributed by atoms with Crippen LogP contribution in [-0.4, -0.2) is 10.4 Å². The molecule has 4 rings (SSSR count). The Labute approximate surface area is 145 Å². The second-order valence-corrected chi connectivity index (χ2v) is 5.74. The van der Waals surface area contributed by atoms with E-state index in [1.165, 1.54) is 0 Å². The molecule has 2 heterocycles. The number of Topliss-reactive ketones (excluding diaryl/α,β-unsaturated/α-hetero) is 1. The molecule has 0 radical (unpaired) electrons. The number of ether oxygens (including phenoxy) is 1. The van der Waals surface area contributed by atoms with Gasteiger partial charge in [0.25, 0.3) is 0 Å². The van der Waals surface area contributed by atoms with Crippen LogP contribution in [0.3, 0.4) is 0 Å². The Balaban J connectivity index is 1.85. The lowest BCUT2D eigenvalue weighted by Gasteiger charge is -2.12. The van der Waals surface area contributed by atoms with Gasteiger partial charge in [0, 0.05) is 18.0 Å². The smallest absolute Gasteiger partial charge is 0.213 e. The van der Waals surface area contributed by atoms with Gasteiger partial charge >= 0.3 is 0 Å². The highest BCUT2D eigenvalue weighted by Gasteiger charge is 2.37. The molecule has 0 amide bonds. The number of carbonyl (C=O) groups excluding carboxylic acids is 1. The maximum Gasteiger partial charge on any atom is 0.213 e. The molecule has 1 aliphatic rings. The summed E-state index contributed by atoms with van der Waals surface area (Å²) in [5, 5.41) is 9.16. The van der Waals surface area contributed by atoms with E-state index in [4.69, 9.17) is 10.00 Å². The summed E-state index contributed by atoms with van der Waals surface area (Å²) >= 11 is 0. The summed E-state index contributed by atoms with van der Waals surface area (Å²) in [6.07, 6.45) is 2.99. The zero-order valence-corrected chi connectivity index (χ0v) is 13.3. The van der Waals surface area contributed by atoms with Gasteiger partial charge in [-0.1, -0.05) is 42.5 Å². The largest absolute Gasteiger partial charge is 0.461 e. The number of nitriles is 1. The maximum atomic E-state index is 13.1. The molecule has 4 heteroatoms. The van der Waals surface area contributed by atoms with E-state index in [9.17, 15) is 4.79 Å². The SMILES string of the molecule is N#Cc1cccc(C2=C(n3cccc3)OC(c3ccccc3)C2=O)c1. The molecule has 0 saturated carbocycles. The van der Waals surface area contributed by atoms with Gasteiger partial charge in [-0.05, 0) is 29.8 Å². The highest BCUT2D eigenvalue weighted by molar-refractivity contribution is 6.29. The van der Waals surface area contributed by atoms with Crippen molar-refractivity contribution in [1.82, 2.24) is 4.57 Å². The van der Waals surface area contributed by atoms with Crippen LogP contribution in [0, 0.1) is 11.3 Å².